The first-order chi connectivity index (χ1) is 17.2. The second-order valence-electron chi connectivity index (χ2n) is 10.2. The highest BCUT2D eigenvalue weighted by Crippen LogP contribution is 2.46. The van der Waals surface area contributed by atoms with Gasteiger partial charge < -0.3 is 29.7 Å². The molecule has 11 nitrogen and oxygen atoms in total. The lowest BCUT2D eigenvalue weighted by molar-refractivity contribution is -0.137. The Morgan fingerprint density at radius 2 is 2.08 bits per heavy atom. The Hall–Kier alpha value is -3.18. The molecule has 3 amide bonds. The van der Waals surface area contributed by atoms with Gasteiger partial charge in [-0.1, -0.05) is 13.5 Å². The number of nitrogens with zero attached hydrogens (tertiary/aromatic N) is 4. The van der Waals surface area contributed by atoms with E-state index in [4.69, 9.17) is 9.47 Å². The molecule has 4 aliphatic rings. The third-order valence-electron chi connectivity index (χ3n) is 6.76. The van der Waals surface area contributed by atoms with Crippen LogP contribution in [0.25, 0.3) is 0 Å². The molecule has 0 aromatic rings. The summed E-state index contributed by atoms with van der Waals surface area (Å²) in [7, 11) is 1.58. The number of carbonyl (C=O) groups excluding carboxylic acids is 3. The van der Waals surface area contributed by atoms with Crippen LogP contribution in [0.5, 0.6) is 0 Å². The zero-order valence-corrected chi connectivity index (χ0v) is 20.9. The lowest BCUT2D eigenvalue weighted by Gasteiger charge is -2.35. The number of amides is 3. The number of ether oxygens (including phenoxy) is 2. The lowest BCUT2D eigenvalue weighted by Crippen LogP contribution is -2.50. The molecule has 0 radical (unpaired) electrons. The van der Waals surface area contributed by atoms with E-state index in [-0.39, 0.29) is 41.5 Å². The highest BCUT2D eigenvalue weighted by molar-refractivity contribution is 6.19. The Balaban J connectivity index is 1.43. The monoisotopic (exact) mass is 501 g/mol. The summed E-state index contributed by atoms with van der Waals surface area (Å²) in [5, 5.41) is 18.9. The number of nitrogens with one attached hydrogen (secondary N) is 1. The maximum Gasteiger partial charge on any atom is 0.286 e. The molecule has 3 fully saturated rings. The molecular weight excluding hydrogens is 466 g/mol. The van der Waals surface area contributed by atoms with Crippen LogP contribution in [0.15, 0.2) is 40.9 Å². The molecule has 36 heavy (non-hydrogen) atoms. The maximum absolute atomic E-state index is 13.1. The number of morpholine rings is 1. The second kappa shape index (κ2) is 10.8. The number of aliphatic hydroxyl groups is 1. The van der Waals surface area contributed by atoms with Gasteiger partial charge in [0.1, 0.15) is 6.67 Å². The predicted octanol–water partition coefficient (Wildman–Crippen LogP) is 0.908. The van der Waals surface area contributed by atoms with E-state index in [0.717, 1.165) is 30.7 Å². The van der Waals surface area contributed by atoms with E-state index >= 15 is 0 Å². The van der Waals surface area contributed by atoms with Gasteiger partial charge in [-0.15, -0.1) is 0 Å². The van der Waals surface area contributed by atoms with Crippen molar-refractivity contribution in [2.45, 2.75) is 44.7 Å². The van der Waals surface area contributed by atoms with Crippen molar-refractivity contribution in [3.63, 3.8) is 0 Å². The molecule has 11 heteroatoms. The molecule has 0 aromatic carbocycles. The normalized spacial score (nSPS) is 24.1. The zero-order valence-electron chi connectivity index (χ0n) is 20.9. The fourth-order valence-electron chi connectivity index (χ4n) is 4.14. The summed E-state index contributed by atoms with van der Waals surface area (Å²) >= 11 is 0. The van der Waals surface area contributed by atoms with Crippen molar-refractivity contribution >= 4 is 23.9 Å². The van der Waals surface area contributed by atoms with Crippen LogP contribution in [0.2, 0.25) is 0 Å². The Kier molecular flexibility index (Phi) is 7.79. The fourth-order valence-corrected chi connectivity index (χ4v) is 4.14. The minimum atomic E-state index is -0.678. The Morgan fingerprint density at radius 1 is 1.33 bits per heavy atom. The SMILES string of the molecule is C=C(/C=N\N1CN(CC2(C)CC2)C(O)=C(C(=O)NC2CC2)C1=O)/C=C/C(=O)N1CCOC[C@H]1COC. The zero-order chi connectivity index (χ0) is 25.9. The van der Waals surface area contributed by atoms with Crippen molar-refractivity contribution < 1.29 is 29.0 Å². The topological polar surface area (TPSA) is 124 Å². The van der Waals surface area contributed by atoms with Gasteiger partial charge in [0.2, 0.25) is 11.8 Å². The molecule has 2 saturated carbocycles. The van der Waals surface area contributed by atoms with Gasteiger partial charge in [-0.3, -0.25) is 14.4 Å². The van der Waals surface area contributed by atoms with Crippen molar-refractivity contribution in [2.24, 2.45) is 10.5 Å². The highest BCUT2D eigenvalue weighted by atomic mass is 16.5. The molecule has 2 heterocycles. The van der Waals surface area contributed by atoms with Gasteiger partial charge in [-0.2, -0.15) is 5.10 Å². The largest absolute Gasteiger partial charge is 0.494 e. The second-order valence-corrected chi connectivity index (χ2v) is 10.2. The van der Waals surface area contributed by atoms with Crippen LogP contribution >= 0.6 is 0 Å². The summed E-state index contributed by atoms with van der Waals surface area (Å²) in [6.07, 6.45) is 8.04. The number of hydrogen-bond acceptors (Lipinski definition) is 8. The Labute approximate surface area is 211 Å². The minimum Gasteiger partial charge on any atom is -0.494 e. The first kappa shape index (κ1) is 25.9. The molecule has 1 atom stereocenters. The molecule has 0 aromatic heterocycles. The first-order valence-corrected chi connectivity index (χ1v) is 12.3. The van der Waals surface area contributed by atoms with Crippen LogP contribution < -0.4 is 5.32 Å². The van der Waals surface area contributed by atoms with Crippen LogP contribution in [0.3, 0.4) is 0 Å². The number of aliphatic hydroxyl groups excluding tert-OH is 1. The van der Waals surface area contributed by atoms with Gasteiger partial charge in [0.15, 0.2) is 5.57 Å². The molecule has 2 aliphatic carbocycles. The average molecular weight is 502 g/mol. The molecule has 196 valence electrons. The van der Waals surface area contributed by atoms with Gasteiger partial charge in [0.25, 0.3) is 11.8 Å². The summed E-state index contributed by atoms with van der Waals surface area (Å²) in [5.41, 5.74) is 0.132. The van der Waals surface area contributed by atoms with E-state index in [1.54, 1.807) is 16.9 Å². The van der Waals surface area contributed by atoms with E-state index in [1.165, 1.54) is 18.4 Å². The first-order valence-electron chi connectivity index (χ1n) is 12.3. The van der Waals surface area contributed by atoms with E-state index in [2.05, 4.69) is 23.9 Å². The molecule has 4 rings (SSSR count). The molecule has 0 unspecified atom stereocenters. The van der Waals surface area contributed by atoms with Gasteiger partial charge in [0, 0.05) is 32.3 Å². The number of hydrazone groups is 1. The van der Waals surface area contributed by atoms with E-state index < -0.39 is 11.8 Å². The van der Waals surface area contributed by atoms with Crippen LogP contribution in [0, 0.1) is 5.41 Å². The number of rotatable bonds is 10. The van der Waals surface area contributed by atoms with Crippen molar-refractivity contribution in [2.75, 3.05) is 46.7 Å². The molecule has 0 bridgehead atoms. The quantitative estimate of drug-likeness (QED) is 0.197. The fraction of sp³-hybridized carbons (Fsp3) is 0.600. The van der Waals surface area contributed by atoms with Gasteiger partial charge in [-0.05, 0) is 42.7 Å². The average Bonchev–Trinajstić information content (AvgIpc) is 3.78. The van der Waals surface area contributed by atoms with Gasteiger partial charge in [-0.25, -0.2) is 5.01 Å². The maximum atomic E-state index is 13.1. The highest BCUT2D eigenvalue weighted by Gasteiger charge is 2.44. The van der Waals surface area contributed by atoms with Gasteiger partial charge >= 0.3 is 0 Å². The third kappa shape index (κ3) is 6.33. The molecular formula is C25H35N5O6. The van der Waals surface area contributed by atoms with Crippen molar-refractivity contribution in [1.29, 1.82) is 0 Å². The van der Waals surface area contributed by atoms with Crippen molar-refractivity contribution in [1.82, 2.24) is 20.1 Å². The van der Waals surface area contributed by atoms with Crippen LogP contribution in [0.1, 0.15) is 32.6 Å². The number of hydrogen-bond donors (Lipinski definition) is 2. The van der Waals surface area contributed by atoms with E-state index in [1.807, 2.05) is 0 Å². The minimum absolute atomic E-state index is 0.0133. The standard InChI is InChI=1S/C25H35N5O6/c1-17(4-7-20(31)29-10-11-36-14-19(29)13-35-3)12-26-30-16-28(15-25(2)8-9-25)23(33)21(24(30)34)22(32)27-18-5-6-18/h4,7,12,18-19,33H,1,5-6,8-11,13-16H2,2-3H3,(H,27,32)/b7-4+,26-12-/t19-/m1/s1. The summed E-state index contributed by atoms with van der Waals surface area (Å²) < 4.78 is 10.6. The summed E-state index contributed by atoms with van der Waals surface area (Å²) in [4.78, 5) is 41.8. The number of methoxy groups -OCH3 is 1. The van der Waals surface area contributed by atoms with Crippen molar-refractivity contribution in [3.05, 3.63) is 35.8 Å². The molecule has 1 saturated heterocycles. The summed E-state index contributed by atoms with van der Waals surface area (Å²) in [5.74, 6) is -1.77. The molecule has 0 spiro atoms. The van der Waals surface area contributed by atoms with E-state index in [0.29, 0.717) is 38.5 Å². The van der Waals surface area contributed by atoms with Crippen molar-refractivity contribution in [3.8, 4) is 0 Å². The molecule has 2 aliphatic heterocycles. The van der Waals surface area contributed by atoms with Gasteiger partial charge in [0.05, 0.1) is 32.1 Å². The van der Waals surface area contributed by atoms with Crippen LogP contribution in [-0.2, 0) is 23.9 Å². The summed E-state index contributed by atoms with van der Waals surface area (Å²) in [6.45, 7) is 8.25. The smallest absolute Gasteiger partial charge is 0.286 e. The number of allylic oxidation sites excluding steroid dienone is 2. The lowest BCUT2D eigenvalue weighted by atomic mass is 10.1. The molecule has 2 N–H and O–H groups in total. The van der Waals surface area contributed by atoms with E-state index in [9.17, 15) is 19.5 Å². The number of carbonyl (C=O) groups is 3. The third-order valence-corrected chi connectivity index (χ3v) is 6.76. The van der Waals surface area contributed by atoms with Crippen LogP contribution in [0.4, 0.5) is 0 Å². The summed E-state index contributed by atoms with van der Waals surface area (Å²) in [6, 6.07) is -0.121. The Bertz CT molecular complexity index is 995. The van der Waals surface area contributed by atoms with Crippen LogP contribution in [-0.4, -0.2) is 103 Å². The predicted molar refractivity (Wildman–Crippen MR) is 132 cm³/mol. The Morgan fingerprint density at radius 3 is 2.75 bits per heavy atom.